The molecule has 0 spiro atoms. The fraction of sp³-hybridized carbons (Fsp3) is 0.706. The third-order valence-corrected chi connectivity index (χ3v) is 4.64. The number of aryl methyl sites for hydroxylation is 1. The smallest absolute Gasteiger partial charge is 0.223 e. The van der Waals surface area contributed by atoms with Crippen LogP contribution in [-0.4, -0.2) is 59.3 Å². The molecule has 2 fully saturated rings. The molecule has 2 heterocycles. The van der Waals surface area contributed by atoms with Crippen LogP contribution in [0.5, 0.6) is 0 Å². The van der Waals surface area contributed by atoms with E-state index in [4.69, 9.17) is 0 Å². The number of nitrogens with one attached hydrogen (secondary N) is 2. The van der Waals surface area contributed by atoms with Gasteiger partial charge in [0.2, 0.25) is 5.91 Å². The van der Waals surface area contributed by atoms with E-state index in [-0.39, 0.29) is 35.8 Å². The summed E-state index contributed by atoms with van der Waals surface area (Å²) in [6.45, 7) is 6.13. The van der Waals surface area contributed by atoms with Crippen LogP contribution in [-0.2, 0) is 11.8 Å². The monoisotopic (exact) mass is 460 g/mol. The third kappa shape index (κ3) is 5.58. The number of hydrogen-bond acceptors (Lipinski definition) is 3. The predicted octanol–water partition coefficient (Wildman–Crippen LogP) is 1.32. The van der Waals surface area contributed by atoms with Crippen molar-refractivity contribution in [1.29, 1.82) is 0 Å². The summed E-state index contributed by atoms with van der Waals surface area (Å²) in [6, 6.07) is 0. The normalized spacial score (nSPS) is 20.3. The van der Waals surface area contributed by atoms with Crippen LogP contribution in [0.25, 0.3) is 0 Å². The zero-order valence-electron chi connectivity index (χ0n) is 15.1. The van der Waals surface area contributed by atoms with E-state index in [1.54, 1.807) is 0 Å². The van der Waals surface area contributed by atoms with Crippen LogP contribution in [0.2, 0.25) is 0 Å². The Bertz CT molecular complexity index is 598. The van der Waals surface area contributed by atoms with E-state index in [0.29, 0.717) is 19.0 Å². The summed E-state index contributed by atoms with van der Waals surface area (Å²) in [4.78, 5) is 18.6. The van der Waals surface area contributed by atoms with Gasteiger partial charge in [0.1, 0.15) is 0 Å². The number of amides is 1. The van der Waals surface area contributed by atoms with Crippen molar-refractivity contribution in [2.24, 2.45) is 18.0 Å². The summed E-state index contributed by atoms with van der Waals surface area (Å²) < 4.78 is 1.86. The minimum Gasteiger partial charge on any atom is -0.357 e. The van der Waals surface area contributed by atoms with Crippen molar-refractivity contribution < 1.29 is 4.79 Å². The van der Waals surface area contributed by atoms with Crippen molar-refractivity contribution in [3.05, 3.63) is 18.0 Å². The zero-order valence-corrected chi connectivity index (χ0v) is 17.4. The molecule has 0 aromatic carbocycles. The molecular weight excluding hydrogens is 431 g/mol. The third-order valence-electron chi connectivity index (χ3n) is 4.64. The summed E-state index contributed by atoms with van der Waals surface area (Å²) in [5, 5.41) is 10.6. The van der Waals surface area contributed by atoms with Crippen molar-refractivity contribution in [3.63, 3.8) is 0 Å². The molecule has 3 rings (SSSR count). The van der Waals surface area contributed by atoms with Gasteiger partial charge < -0.3 is 15.5 Å². The highest BCUT2D eigenvalue weighted by atomic mass is 127. The quantitative estimate of drug-likeness (QED) is 0.291. The average molecular weight is 460 g/mol. The molecule has 1 aliphatic heterocycles. The van der Waals surface area contributed by atoms with E-state index in [0.717, 1.165) is 44.9 Å². The lowest BCUT2D eigenvalue weighted by atomic mass is 10.0. The van der Waals surface area contributed by atoms with Crippen LogP contribution in [0, 0.1) is 5.92 Å². The summed E-state index contributed by atoms with van der Waals surface area (Å²) in [7, 11) is 1.96. The van der Waals surface area contributed by atoms with Crippen LogP contribution < -0.4 is 10.6 Å². The Balaban J connectivity index is 0.00000225. The lowest BCUT2D eigenvalue weighted by Crippen LogP contribution is -2.40. The minimum atomic E-state index is 0. The molecule has 1 amide bonds. The fourth-order valence-corrected chi connectivity index (χ4v) is 3.13. The van der Waals surface area contributed by atoms with Crippen LogP contribution in [0.3, 0.4) is 0 Å². The van der Waals surface area contributed by atoms with E-state index < -0.39 is 0 Å². The number of hydrogen-bond donors (Lipinski definition) is 2. The first-order chi connectivity index (χ1) is 11.7. The maximum atomic E-state index is 11.6. The number of guanidine groups is 1. The Morgan fingerprint density at radius 1 is 1.36 bits per heavy atom. The van der Waals surface area contributed by atoms with E-state index >= 15 is 0 Å². The maximum Gasteiger partial charge on any atom is 0.223 e. The molecule has 0 radical (unpaired) electrons. The molecule has 1 unspecified atom stereocenters. The van der Waals surface area contributed by atoms with Crippen molar-refractivity contribution in [2.45, 2.75) is 32.1 Å². The molecule has 8 heteroatoms. The lowest BCUT2D eigenvalue weighted by molar-refractivity contribution is -0.122. The molecule has 2 aliphatic rings. The molecule has 1 aromatic rings. The molecule has 1 aromatic heterocycles. The van der Waals surface area contributed by atoms with Crippen LogP contribution in [0.4, 0.5) is 0 Å². The number of likely N-dealkylation sites (tertiary alicyclic amines) is 1. The maximum absolute atomic E-state index is 11.6. The standard InChI is InChI=1S/C17H28N6O.HI/c1-3-18-17(20-8-7-19-16(24)13-4-5-13)23-9-6-14(12-23)15-10-21-22(2)11-15;/h10-11,13-14H,3-9,12H2,1-2H3,(H,18,20)(H,19,24);1H. The van der Waals surface area contributed by atoms with Gasteiger partial charge in [-0.15, -0.1) is 24.0 Å². The Morgan fingerprint density at radius 2 is 2.16 bits per heavy atom. The number of carbonyl (C=O) groups is 1. The number of halogens is 1. The Kier molecular flexibility index (Phi) is 7.52. The SMILES string of the molecule is CCNC(=NCCNC(=O)C1CC1)N1CCC(c2cnn(C)c2)C1.I. The van der Waals surface area contributed by atoms with Gasteiger partial charge in [-0.1, -0.05) is 0 Å². The number of aromatic nitrogens is 2. The molecular formula is C17H29IN6O. The number of carbonyl (C=O) groups excluding carboxylic acids is 1. The van der Waals surface area contributed by atoms with Crippen LogP contribution >= 0.6 is 24.0 Å². The highest BCUT2D eigenvalue weighted by molar-refractivity contribution is 14.0. The largest absolute Gasteiger partial charge is 0.357 e. The number of rotatable bonds is 6. The van der Waals surface area contributed by atoms with E-state index in [1.807, 2.05) is 17.9 Å². The Morgan fingerprint density at radius 3 is 2.80 bits per heavy atom. The van der Waals surface area contributed by atoms with E-state index in [9.17, 15) is 4.79 Å². The van der Waals surface area contributed by atoms with Gasteiger partial charge in [-0.2, -0.15) is 5.10 Å². The van der Waals surface area contributed by atoms with Crippen molar-refractivity contribution in [1.82, 2.24) is 25.3 Å². The molecule has 1 aliphatic carbocycles. The molecule has 2 N–H and O–H groups in total. The van der Waals surface area contributed by atoms with Crippen molar-refractivity contribution >= 4 is 35.8 Å². The van der Waals surface area contributed by atoms with E-state index in [2.05, 4.69) is 38.7 Å². The van der Waals surface area contributed by atoms with Gasteiger partial charge in [0.05, 0.1) is 12.7 Å². The fourth-order valence-electron chi connectivity index (χ4n) is 3.13. The predicted molar refractivity (Wildman–Crippen MR) is 109 cm³/mol. The minimum absolute atomic E-state index is 0. The lowest BCUT2D eigenvalue weighted by Gasteiger charge is -2.21. The molecule has 1 atom stereocenters. The summed E-state index contributed by atoms with van der Waals surface area (Å²) in [6.07, 6.45) is 7.27. The Labute approximate surface area is 166 Å². The Hall–Kier alpha value is -1.32. The summed E-state index contributed by atoms with van der Waals surface area (Å²) in [5.74, 6) is 1.91. The van der Waals surface area contributed by atoms with Crippen LogP contribution in [0.1, 0.15) is 37.7 Å². The van der Waals surface area contributed by atoms with Crippen LogP contribution in [0.15, 0.2) is 17.4 Å². The second-order valence-electron chi connectivity index (χ2n) is 6.68. The molecule has 140 valence electrons. The highest BCUT2D eigenvalue weighted by Crippen LogP contribution is 2.28. The first-order valence-electron chi connectivity index (χ1n) is 8.97. The van der Waals surface area contributed by atoms with E-state index in [1.165, 1.54) is 5.56 Å². The first kappa shape index (κ1) is 20.0. The van der Waals surface area contributed by atoms with Gasteiger partial charge in [0.15, 0.2) is 5.96 Å². The second-order valence-corrected chi connectivity index (χ2v) is 6.68. The topological polar surface area (TPSA) is 74.6 Å². The van der Waals surface area contributed by atoms with Gasteiger partial charge in [-0.3, -0.25) is 14.5 Å². The van der Waals surface area contributed by atoms with Gasteiger partial charge in [-0.25, -0.2) is 0 Å². The second kappa shape index (κ2) is 9.40. The molecule has 25 heavy (non-hydrogen) atoms. The number of aliphatic imine (C=N–C) groups is 1. The molecule has 1 saturated heterocycles. The van der Waals surface area contributed by atoms with Crippen molar-refractivity contribution in [3.8, 4) is 0 Å². The van der Waals surface area contributed by atoms with Gasteiger partial charge >= 0.3 is 0 Å². The van der Waals surface area contributed by atoms with Gasteiger partial charge in [0.25, 0.3) is 0 Å². The first-order valence-corrected chi connectivity index (χ1v) is 8.97. The molecule has 0 bridgehead atoms. The molecule has 1 saturated carbocycles. The average Bonchev–Trinajstić information content (AvgIpc) is 3.15. The van der Waals surface area contributed by atoms with Gasteiger partial charge in [0, 0.05) is 51.3 Å². The zero-order chi connectivity index (χ0) is 16.9. The van der Waals surface area contributed by atoms with Gasteiger partial charge in [-0.05, 0) is 31.7 Å². The summed E-state index contributed by atoms with van der Waals surface area (Å²) in [5.41, 5.74) is 1.30. The molecule has 7 nitrogen and oxygen atoms in total. The van der Waals surface area contributed by atoms with Crippen molar-refractivity contribution in [2.75, 3.05) is 32.7 Å². The number of nitrogens with zero attached hydrogens (tertiary/aromatic N) is 4. The highest BCUT2D eigenvalue weighted by Gasteiger charge is 2.29. The summed E-state index contributed by atoms with van der Waals surface area (Å²) >= 11 is 0.